The molecule has 4 rings (SSSR count). The second kappa shape index (κ2) is 10.1. The monoisotopic (exact) mass is 466 g/mol. The van der Waals surface area contributed by atoms with Gasteiger partial charge in [-0.2, -0.15) is 0 Å². The SMILES string of the molecule is CC(C)CCNC(=O)c1ccc(N2CCC(N3C(=O)OCc4ccccc43)CC2)c([N+](=O)[O-])c1. The first-order valence-electron chi connectivity index (χ1n) is 11.7. The standard InChI is InChI=1S/C25H30N4O5/c1-17(2)9-12-26-24(30)18-7-8-22(23(15-18)29(32)33)27-13-10-20(11-14-27)28-21-6-4-3-5-19(21)16-34-25(28)31/h3-8,15,17,20H,9-14,16H2,1-2H3,(H,26,30). The Morgan fingerprint density at radius 3 is 2.62 bits per heavy atom. The first-order valence-corrected chi connectivity index (χ1v) is 11.7. The fourth-order valence-electron chi connectivity index (χ4n) is 4.54. The number of ether oxygens (including phenoxy) is 1. The van der Waals surface area contributed by atoms with Crippen LogP contribution < -0.4 is 15.1 Å². The van der Waals surface area contributed by atoms with Crippen LogP contribution in [0.25, 0.3) is 0 Å². The molecule has 0 aromatic heterocycles. The average molecular weight is 467 g/mol. The quantitative estimate of drug-likeness (QED) is 0.476. The molecule has 2 aromatic carbocycles. The highest BCUT2D eigenvalue weighted by molar-refractivity contribution is 5.96. The molecule has 1 N–H and O–H groups in total. The zero-order chi connectivity index (χ0) is 24.2. The largest absolute Gasteiger partial charge is 0.444 e. The number of cyclic esters (lactones) is 1. The molecule has 2 heterocycles. The number of benzene rings is 2. The third-order valence-corrected chi connectivity index (χ3v) is 6.41. The molecule has 0 radical (unpaired) electrons. The van der Waals surface area contributed by atoms with Crippen LogP contribution in [0.3, 0.4) is 0 Å². The summed E-state index contributed by atoms with van der Waals surface area (Å²) in [5.41, 5.74) is 2.53. The van der Waals surface area contributed by atoms with Gasteiger partial charge < -0.3 is 15.0 Å². The van der Waals surface area contributed by atoms with Crippen molar-refractivity contribution < 1.29 is 19.2 Å². The van der Waals surface area contributed by atoms with Gasteiger partial charge in [-0.1, -0.05) is 32.0 Å². The maximum absolute atomic E-state index is 12.5. The van der Waals surface area contributed by atoms with Crippen molar-refractivity contribution in [1.29, 1.82) is 0 Å². The third-order valence-electron chi connectivity index (χ3n) is 6.41. The minimum absolute atomic E-state index is 0.0461. The van der Waals surface area contributed by atoms with Crippen LogP contribution in [0.2, 0.25) is 0 Å². The molecule has 2 aromatic rings. The van der Waals surface area contributed by atoms with Crippen molar-refractivity contribution >= 4 is 29.1 Å². The molecule has 0 saturated carbocycles. The summed E-state index contributed by atoms with van der Waals surface area (Å²) in [7, 11) is 0. The predicted octanol–water partition coefficient (Wildman–Crippen LogP) is 4.50. The van der Waals surface area contributed by atoms with Crippen molar-refractivity contribution in [2.45, 2.75) is 45.8 Å². The van der Waals surface area contributed by atoms with Gasteiger partial charge in [0.25, 0.3) is 11.6 Å². The molecule has 0 unspecified atom stereocenters. The van der Waals surface area contributed by atoms with Crippen molar-refractivity contribution in [1.82, 2.24) is 5.32 Å². The van der Waals surface area contributed by atoms with Crippen LogP contribution in [-0.2, 0) is 11.3 Å². The fraction of sp³-hybridized carbons (Fsp3) is 0.440. The van der Waals surface area contributed by atoms with E-state index in [1.54, 1.807) is 17.0 Å². The lowest BCUT2D eigenvalue weighted by molar-refractivity contribution is -0.384. The molecule has 1 saturated heterocycles. The van der Waals surface area contributed by atoms with Crippen molar-refractivity contribution in [2.24, 2.45) is 5.92 Å². The van der Waals surface area contributed by atoms with Gasteiger partial charge in [0.05, 0.1) is 10.6 Å². The van der Waals surface area contributed by atoms with E-state index in [1.165, 1.54) is 6.07 Å². The maximum atomic E-state index is 12.5. The van der Waals surface area contributed by atoms with E-state index in [1.807, 2.05) is 29.2 Å². The predicted molar refractivity (Wildman–Crippen MR) is 129 cm³/mol. The van der Waals surface area contributed by atoms with Gasteiger partial charge in [0.1, 0.15) is 12.3 Å². The summed E-state index contributed by atoms with van der Waals surface area (Å²) in [5, 5.41) is 14.6. The van der Waals surface area contributed by atoms with Gasteiger partial charge in [-0.15, -0.1) is 0 Å². The Morgan fingerprint density at radius 1 is 1.18 bits per heavy atom. The molecule has 180 valence electrons. The van der Waals surface area contributed by atoms with E-state index in [0.717, 1.165) is 17.7 Å². The highest BCUT2D eigenvalue weighted by atomic mass is 16.6. The number of amides is 2. The van der Waals surface area contributed by atoms with Crippen LogP contribution in [-0.4, -0.2) is 42.6 Å². The molecule has 0 aliphatic carbocycles. The minimum Gasteiger partial charge on any atom is -0.444 e. The highest BCUT2D eigenvalue weighted by Crippen LogP contribution is 2.35. The van der Waals surface area contributed by atoms with Crippen LogP contribution in [0.15, 0.2) is 42.5 Å². The Kier molecular flexibility index (Phi) is 7.00. The van der Waals surface area contributed by atoms with Crippen molar-refractivity contribution in [3.8, 4) is 0 Å². The number of piperidine rings is 1. The maximum Gasteiger partial charge on any atom is 0.414 e. The van der Waals surface area contributed by atoms with Crippen LogP contribution in [0.1, 0.15) is 49.0 Å². The second-order valence-electron chi connectivity index (χ2n) is 9.17. The Labute approximate surface area is 198 Å². The number of hydrogen-bond donors (Lipinski definition) is 1. The van der Waals surface area contributed by atoms with Crippen LogP contribution in [0.5, 0.6) is 0 Å². The van der Waals surface area contributed by atoms with Gasteiger partial charge in [0.15, 0.2) is 0 Å². The second-order valence-corrected chi connectivity index (χ2v) is 9.17. The number of nitro benzene ring substituents is 1. The zero-order valence-electron chi connectivity index (χ0n) is 19.5. The Balaban J connectivity index is 1.46. The first kappa shape index (κ1) is 23.5. The number of fused-ring (bicyclic) bond motifs is 1. The van der Waals surface area contributed by atoms with Crippen molar-refractivity contribution in [3.63, 3.8) is 0 Å². The molecule has 2 aliphatic heterocycles. The summed E-state index contributed by atoms with van der Waals surface area (Å²) >= 11 is 0. The number of nitrogens with one attached hydrogen (secondary N) is 1. The van der Waals surface area contributed by atoms with E-state index in [2.05, 4.69) is 19.2 Å². The number of hydrogen-bond acceptors (Lipinski definition) is 6. The van der Waals surface area contributed by atoms with Gasteiger partial charge in [-0.05, 0) is 43.4 Å². The molecule has 0 bridgehead atoms. The molecular weight excluding hydrogens is 436 g/mol. The Bertz CT molecular complexity index is 1080. The van der Waals surface area contributed by atoms with E-state index in [0.29, 0.717) is 44.1 Å². The number of nitro groups is 1. The number of para-hydroxylation sites is 1. The number of nitrogens with zero attached hydrogens (tertiary/aromatic N) is 3. The van der Waals surface area contributed by atoms with E-state index in [-0.39, 0.29) is 35.9 Å². The van der Waals surface area contributed by atoms with Crippen molar-refractivity contribution in [2.75, 3.05) is 29.4 Å². The summed E-state index contributed by atoms with van der Waals surface area (Å²) in [5.74, 6) is 0.150. The Hall–Kier alpha value is -3.62. The summed E-state index contributed by atoms with van der Waals surface area (Å²) < 4.78 is 5.35. The lowest BCUT2D eigenvalue weighted by atomic mass is 9.99. The normalized spacial score (nSPS) is 16.3. The zero-order valence-corrected chi connectivity index (χ0v) is 19.5. The number of anilines is 2. The topological polar surface area (TPSA) is 105 Å². The lowest BCUT2D eigenvalue weighted by Gasteiger charge is -2.40. The molecule has 9 nitrogen and oxygen atoms in total. The van der Waals surface area contributed by atoms with Gasteiger partial charge in [-0.3, -0.25) is 19.8 Å². The summed E-state index contributed by atoms with van der Waals surface area (Å²) in [6, 6.07) is 12.3. The Morgan fingerprint density at radius 2 is 1.91 bits per heavy atom. The third kappa shape index (κ3) is 4.98. The molecule has 1 fully saturated rings. The summed E-state index contributed by atoms with van der Waals surface area (Å²) in [6.45, 7) is 6.05. The highest BCUT2D eigenvalue weighted by Gasteiger charge is 2.35. The molecule has 0 spiro atoms. The molecule has 2 amide bonds. The molecule has 0 atom stereocenters. The number of carbonyl (C=O) groups excluding carboxylic acids is 2. The van der Waals surface area contributed by atoms with Gasteiger partial charge in [0, 0.05) is 42.9 Å². The number of rotatable bonds is 7. The first-order chi connectivity index (χ1) is 16.3. The van der Waals surface area contributed by atoms with E-state index < -0.39 is 4.92 Å². The van der Waals surface area contributed by atoms with Gasteiger partial charge in [-0.25, -0.2) is 4.79 Å². The van der Waals surface area contributed by atoms with E-state index in [4.69, 9.17) is 4.74 Å². The minimum atomic E-state index is -0.440. The van der Waals surface area contributed by atoms with E-state index >= 15 is 0 Å². The van der Waals surface area contributed by atoms with Crippen LogP contribution >= 0.6 is 0 Å². The van der Waals surface area contributed by atoms with Crippen molar-refractivity contribution in [3.05, 3.63) is 63.7 Å². The smallest absolute Gasteiger partial charge is 0.414 e. The molecule has 34 heavy (non-hydrogen) atoms. The summed E-state index contributed by atoms with van der Waals surface area (Å²) in [4.78, 5) is 40.0. The molecule has 2 aliphatic rings. The van der Waals surface area contributed by atoms with Crippen LogP contribution in [0.4, 0.5) is 21.9 Å². The average Bonchev–Trinajstić information content (AvgIpc) is 2.83. The molecule has 9 heteroatoms. The molecular formula is C25H30N4O5. The lowest BCUT2D eigenvalue weighted by Crippen LogP contribution is -2.49. The number of carbonyl (C=O) groups is 2. The summed E-state index contributed by atoms with van der Waals surface area (Å²) in [6.07, 6.45) is 1.79. The fourth-order valence-corrected chi connectivity index (χ4v) is 4.54. The van der Waals surface area contributed by atoms with E-state index in [9.17, 15) is 19.7 Å². The van der Waals surface area contributed by atoms with Gasteiger partial charge in [0.2, 0.25) is 0 Å². The van der Waals surface area contributed by atoms with Crippen LogP contribution in [0, 0.1) is 16.0 Å². The van der Waals surface area contributed by atoms with Gasteiger partial charge >= 0.3 is 6.09 Å².